The summed E-state index contributed by atoms with van der Waals surface area (Å²) in [6, 6.07) is 0. The summed E-state index contributed by atoms with van der Waals surface area (Å²) < 4.78 is 5.42. The fourth-order valence-corrected chi connectivity index (χ4v) is 1.75. The molecule has 0 aliphatic carbocycles. The van der Waals surface area contributed by atoms with Gasteiger partial charge in [-0.15, -0.1) is 0 Å². The minimum absolute atomic E-state index is 0.310. The topological polar surface area (TPSA) is 73.1 Å². The normalized spacial score (nSPS) is 10.9. The maximum absolute atomic E-state index is 5.88. The van der Waals surface area contributed by atoms with Gasteiger partial charge in [0.25, 0.3) is 0 Å². The second-order valence-electron chi connectivity index (χ2n) is 4.57. The minimum atomic E-state index is 0.310. The van der Waals surface area contributed by atoms with Gasteiger partial charge in [-0.1, -0.05) is 20.8 Å². The molecule has 1 aromatic rings. The van der Waals surface area contributed by atoms with Gasteiger partial charge in [-0.3, -0.25) is 0 Å². The van der Waals surface area contributed by atoms with E-state index in [-0.39, 0.29) is 0 Å². The molecule has 0 radical (unpaired) electrons. The van der Waals surface area contributed by atoms with E-state index >= 15 is 0 Å². The third-order valence-corrected chi connectivity index (χ3v) is 2.60. The molecule has 0 saturated heterocycles. The van der Waals surface area contributed by atoms with Crippen molar-refractivity contribution in [2.45, 2.75) is 39.5 Å². The molecule has 0 amide bonds. The summed E-state index contributed by atoms with van der Waals surface area (Å²) in [5, 5.41) is 3.30. The minimum Gasteiger partial charge on any atom is -0.383 e. The maximum Gasteiger partial charge on any atom is 0.134 e. The highest BCUT2D eigenvalue weighted by atomic mass is 16.5. The van der Waals surface area contributed by atoms with Crippen molar-refractivity contribution >= 4 is 11.6 Å². The Balaban J connectivity index is 2.44. The van der Waals surface area contributed by atoms with E-state index in [1.54, 1.807) is 0 Å². The molecule has 0 spiro atoms. The van der Waals surface area contributed by atoms with Crippen LogP contribution in [0.3, 0.4) is 0 Å². The van der Waals surface area contributed by atoms with Crippen molar-refractivity contribution in [2.75, 3.05) is 30.8 Å². The van der Waals surface area contributed by atoms with Crippen LogP contribution in [-0.2, 0) is 4.74 Å². The molecule has 5 heteroatoms. The number of hydrogen-bond donors (Lipinski definition) is 2. The van der Waals surface area contributed by atoms with Crippen LogP contribution < -0.4 is 11.1 Å². The standard InChI is InChI=1S/C13H24N4O/c1-4-7-18-8-5-6-15-13-11(10(2)3)12(14)16-9-17-13/h9-10H,4-8H2,1-3H3,(H3,14,15,16,17). The molecule has 0 aliphatic rings. The zero-order valence-electron chi connectivity index (χ0n) is 11.6. The summed E-state index contributed by atoms with van der Waals surface area (Å²) in [5.74, 6) is 1.71. The SMILES string of the molecule is CCCOCCCNc1ncnc(N)c1C(C)C. The second-order valence-corrected chi connectivity index (χ2v) is 4.57. The number of nitrogens with two attached hydrogens (primary N) is 1. The summed E-state index contributed by atoms with van der Waals surface area (Å²) in [4.78, 5) is 8.28. The Kier molecular flexibility index (Phi) is 6.43. The number of nitrogens with one attached hydrogen (secondary N) is 1. The van der Waals surface area contributed by atoms with Crippen molar-refractivity contribution in [1.82, 2.24) is 9.97 Å². The van der Waals surface area contributed by atoms with Crippen LogP contribution >= 0.6 is 0 Å². The van der Waals surface area contributed by atoms with Crippen LogP contribution in [0.5, 0.6) is 0 Å². The summed E-state index contributed by atoms with van der Waals surface area (Å²) >= 11 is 0. The van der Waals surface area contributed by atoms with Crippen LogP contribution in [0.4, 0.5) is 11.6 Å². The molecule has 3 N–H and O–H groups in total. The quantitative estimate of drug-likeness (QED) is 0.695. The maximum atomic E-state index is 5.88. The Bertz CT molecular complexity index is 355. The fourth-order valence-electron chi connectivity index (χ4n) is 1.75. The molecule has 0 atom stereocenters. The van der Waals surface area contributed by atoms with Gasteiger partial charge < -0.3 is 15.8 Å². The molecule has 0 fully saturated rings. The Labute approximate surface area is 109 Å². The summed E-state index contributed by atoms with van der Waals surface area (Å²) in [6.07, 6.45) is 3.52. The monoisotopic (exact) mass is 252 g/mol. The predicted molar refractivity (Wildman–Crippen MR) is 74.8 cm³/mol. The molecule has 1 heterocycles. The van der Waals surface area contributed by atoms with Gasteiger partial charge in [0.1, 0.15) is 18.0 Å². The van der Waals surface area contributed by atoms with Gasteiger partial charge in [0.15, 0.2) is 0 Å². The van der Waals surface area contributed by atoms with Gasteiger partial charge >= 0.3 is 0 Å². The molecule has 0 bridgehead atoms. The predicted octanol–water partition coefficient (Wildman–Crippen LogP) is 2.41. The highest BCUT2D eigenvalue weighted by Gasteiger charge is 2.12. The highest BCUT2D eigenvalue weighted by molar-refractivity contribution is 5.56. The first-order chi connectivity index (χ1) is 8.66. The lowest BCUT2D eigenvalue weighted by Gasteiger charge is -2.14. The Morgan fingerprint density at radius 2 is 2.11 bits per heavy atom. The molecule has 1 rings (SSSR count). The van der Waals surface area contributed by atoms with Crippen LogP contribution in [0.2, 0.25) is 0 Å². The first-order valence-electron chi connectivity index (χ1n) is 6.58. The molecule has 18 heavy (non-hydrogen) atoms. The number of hydrogen-bond acceptors (Lipinski definition) is 5. The van der Waals surface area contributed by atoms with E-state index in [0.717, 1.165) is 44.0 Å². The van der Waals surface area contributed by atoms with Gasteiger partial charge in [0.2, 0.25) is 0 Å². The van der Waals surface area contributed by atoms with Crippen LogP contribution in [0, 0.1) is 0 Å². The van der Waals surface area contributed by atoms with E-state index in [2.05, 4.69) is 36.1 Å². The smallest absolute Gasteiger partial charge is 0.134 e. The highest BCUT2D eigenvalue weighted by Crippen LogP contribution is 2.25. The number of nitrogen functional groups attached to an aromatic ring is 1. The van der Waals surface area contributed by atoms with Crippen LogP contribution in [0.1, 0.15) is 45.1 Å². The molecular formula is C13H24N4O. The van der Waals surface area contributed by atoms with E-state index in [1.165, 1.54) is 6.33 Å². The lowest BCUT2D eigenvalue weighted by molar-refractivity contribution is 0.134. The van der Waals surface area contributed by atoms with Gasteiger partial charge in [-0.05, 0) is 18.8 Å². The van der Waals surface area contributed by atoms with Gasteiger partial charge in [0.05, 0.1) is 0 Å². The van der Waals surface area contributed by atoms with Crippen molar-refractivity contribution in [1.29, 1.82) is 0 Å². The van der Waals surface area contributed by atoms with E-state index < -0.39 is 0 Å². The summed E-state index contributed by atoms with van der Waals surface area (Å²) in [5.41, 5.74) is 6.87. The molecule has 0 saturated carbocycles. The van der Waals surface area contributed by atoms with E-state index in [9.17, 15) is 0 Å². The van der Waals surface area contributed by atoms with Gasteiger partial charge in [0, 0.05) is 25.3 Å². The van der Waals surface area contributed by atoms with Crippen molar-refractivity contribution in [3.05, 3.63) is 11.9 Å². The van der Waals surface area contributed by atoms with Gasteiger partial charge in [-0.2, -0.15) is 0 Å². The number of anilines is 2. The first-order valence-corrected chi connectivity index (χ1v) is 6.58. The van der Waals surface area contributed by atoms with Crippen molar-refractivity contribution < 1.29 is 4.74 Å². The van der Waals surface area contributed by atoms with Crippen molar-refractivity contribution in [2.24, 2.45) is 0 Å². The van der Waals surface area contributed by atoms with Crippen LogP contribution in [0.25, 0.3) is 0 Å². The Morgan fingerprint density at radius 3 is 2.78 bits per heavy atom. The molecule has 0 aromatic carbocycles. The Morgan fingerprint density at radius 1 is 1.33 bits per heavy atom. The van der Waals surface area contributed by atoms with Crippen LogP contribution in [0.15, 0.2) is 6.33 Å². The summed E-state index contributed by atoms with van der Waals surface area (Å²) in [7, 11) is 0. The molecule has 5 nitrogen and oxygen atoms in total. The fraction of sp³-hybridized carbons (Fsp3) is 0.692. The molecular weight excluding hydrogens is 228 g/mol. The number of nitrogens with zero attached hydrogens (tertiary/aromatic N) is 2. The van der Waals surface area contributed by atoms with E-state index in [1.807, 2.05) is 0 Å². The second kappa shape index (κ2) is 7.87. The zero-order valence-corrected chi connectivity index (χ0v) is 11.6. The lowest BCUT2D eigenvalue weighted by atomic mass is 10.0. The average Bonchev–Trinajstić information content (AvgIpc) is 2.33. The number of rotatable bonds is 8. The van der Waals surface area contributed by atoms with Crippen LogP contribution in [-0.4, -0.2) is 29.7 Å². The third kappa shape index (κ3) is 4.49. The zero-order chi connectivity index (χ0) is 13.4. The van der Waals surface area contributed by atoms with Crippen molar-refractivity contribution in [3.63, 3.8) is 0 Å². The number of ether oxygens (including phenoxy) is 1. The Hall–Kier alpha value is -1.36. The number of aromatic nitrogens is 2. The third-order valence-electron chi connectivity index (χ3n) is 2.60. The average molecular weight is 252 g/mol. The molecule has 1 aromatic heterocycles. The first kappa shape index (κ1) is 14.7. The molecule has 0 aliphatic heterocycles. The van der Waals surface area contributed by atoms with E-state index in [0.29, 0.717) is 11.7 Å². The summed E-state index contributed by atoms with van der Waals surface area (Å²) in [6.45, 7) is 8.72. The molecule has 0 unspecified atom stereocenters. The lowest BCUT2D eigenvalue weighted by Crippen LogP contribution is -2.12. The van der Waals surface area contributed by atoms with Gasteiger partial charge in [-0.25, -0.2) is 9.97 Å². The van der Waals surface area contributed by atoms with Crippen molar-refractivity contribution in [3.8, 4) is 0 Å². The largest absolute Gasteiger partial charge is 0.383 e. The molecule has 102 valence electrons. The van der Waals surface area contributed by atoms with E-state index in [4.69, 9.17) is 10.5 Å².